The Labute approximate surface area is 111 Å². The van der Waals surface area contributed by atoms with Crippen LogP contribution in [-0.4, -0.2) is 16.4 Å². The molecular formula is C13H17N3O3. The van der Waals surface area contributed by atoms with Gasteiger partial charge in [-0.3, -0.25) is 14.9 Å². The lowest BCUT2D eigenvalue weighted by Crippen LogP contribution is -2.50. The van der Waals surface area contributed by atoms with Gasteiger partial charge in [0.05, 0.1) is 10.5 Å². The number of anilines is 1. The maximum absolute atomic E-state index is 12.1. The molecule has 1 saturated carbocycles. The topological polar surface area (TPSA) is 98.3 Å². The molecule has 0 radical (unpaired) electrons. The van der Waals surface area contributed by atoms with Crippen molar-refractivity contribution in [3.05, 3.63) is 33.9 Å². The Morgan fingerprint density at radius 3 is 2.68 bits per heavy atom. The van der Waals surface area contributed by atoms with Crippen molar-refractivity contribution in [1.29, 1.82) is 0 Å². The van der Waals surface area contributed by atoms with Gasteiger partial charge in [-0.15, -0.1) is 0 Å². The smallest absolute Gasteiger partial charge is 0.274 e. The zero-order valence-corrected chi connectivity index (χ0v) is 11.0. The predicted octanol–water partition coefficient (Wildman–Crippen LogP) is 1.97. The van der Waals surface area contributed by atoms with Gasteiger partial charge in [-0.2, -0.15) is 0 Å². The molecule has 6 nitrogen and oxygen atoms in total. The summed E-state index contributed by atoms with van der Waals surface area (Å²) < 4.78 is 0. The molecule has 6 heteroatoms. The number of nitro groups is 1. The van der Waals surface area contributed by atoms with Crippen LogP contribution in [0.2, 0.25) is 0 Å². The number of carbonyl (C=O) groups is 1. The minimum atomic E-state index is -0.917. The Hall–Kier alpha value is -1.95. The third kappa shape index (κ3) is 2.73. The van der Waals surface area contributed by atoms with E-state index in [1.165, 1.54) is 6.07 Å². The van der Waals surface area contributed by atoms with Gasteiger partial charge < -0.3 is 11.1 Å². The highest BCUT2D eigenvalue weighted by atomic mass is 16.6. The maximum Gasteiger partial charge on any atom is 0.274 e. The summed E-state index contributed by atoms with van der Waals surface area (Å²) >= 11 is 0. The molecule has 0 saturated heterocycles. The standard InChI is InChI=1S/C13H17N3O3/c1-8-3-6-10(7-11(8)16(18)19)15-12(17)13(2,14)9-4-5-9/h3,6-7,9H,4-5,14H2,1-2H3,(H,15,17). The minimum Gasteiger partial charge on any atom is -0.324 e. The number of carbonyl (C=O) groups excluding carboxylic acids is 1. The molecule has 1 aromatic carbocycles. The fourth-order valence-electron chi connectivity index (χ4n) is 2.02. The third-order valence-corrected chi connectivity index (χ3v) is 3.58. The second-order valence-electron chi connectivity index (χ2n) is 5.27. The maximum atomic E-state index is 12.1. The summed E-state index contributed by atoms with van der Waals surface area (Å²) in [5.74, 6) is -0.0962. The first-order valence-electron chi connectivity index (χ1n) is 6.17. The Morgan fingerprint density at radius 2 is 2.16 bits per heavy atom. The van der Waals surface area contributed by atoms with E-state index in [9.17, 15) is 14.9 Å². The summed E-state index contributed by atoms with van der Waals surface area (Å²) in [4.78, 5) is 22.5. The number of nitrogens with one attached hydrogen (secondary N) is 1. The SMILES string of the molecule is Cc1ccc(NC(=O)C(C)(N)C2CC2)cc1[N+](=O)[O-]. The lowest BCUT2D eigenvalue weighted by molar-refractivity contribution is -0.385. The van der Waals surface area contributed by atoms with Gasteiger partial charge in [-0.1, -0.05) is 6.07 Å². The molecule has 1 unspecified atom stereocenters. The molecule has 1 atom stereocenters. The van der Waals surface area contributed by atoms with E-state index in [1.807, 2.05) is 0 Å². The highest BCUT2D eigenvalue weighted by Gasteiger charge is 2.44. The van der Waals surface area contributed by atoms with Crippen LogP contribution in [0.4, 0.5) is 11.4 Å². The van der Waals surface area contributed by atoms with Gasteiger partial charge in [0.25, 0.3) is 5.69 Å². The number of nitrogens with two attached hydrogens (primary N) is 1. The van der Waals surface area contributed by atoms with Gasteiger partial charge in [0.2, 0.25) is 5.91 Å². The molecule has 0 aromatic heterocycles. The van der Waals surface area contributed by atoms with Crippen molar-refractivity contribution < 1.29 is 9.72 Å². The number of amides is 1. The fourth-order valence-corrected chi connectivity index (χ4v) is 2.02. The van der Waals surface area contributed by atoms with Gasteiger partial charge in [0.15, 0.2) is 0 Å². The molecule has 102 valence electrons. The molecule has 1 fully saturated rings. The van der Waals surface area contributed by atoms with Crippen molar-refractivity contribution in [3.8, 4) is 0 Å². The number of aryl methyl sites for hydroxylation is 1. The van der Waals surface area contributed by atoms with Crippen LogP contribution in [0.5, 0.6) is 0 Å². The van der Waals surface area contributed by atoms with E-state index in [2.05, 4.69) is 5.32 Å². The molecule has 2 rings (SSSR count). The van der Waals surface area contributed by atoms with E-state index < -0.39 is 10.5 Å². The number of nitro benzene ring substituents is 1. The predicted molar refractivity (Wildman–Crippen MR) is 71.8 cm³/mol. The van der Waals surface area contributed by atoms with E-state index in [0.717, 1.165) is 12.8 Å². The van der Waals surface area contributed by atoms with Crippen LogP contribution >= 0.6 is 0 Å². The van der Waals surface area contributed by atoms with Crippen molar-refractivity contribution >= 4 is 17.3 Å². The first-order valence-corrected chi connectivity index (χ1v) is 6.17. The van der Waals surface area contributed by atoms with E-state index in [4.69, 9.17) is 5.73 Å². The van der Waals surface area contributed by atoms with Crippen molar-refractivity contribution in [3.63, 3.8) is 0 Å². The first-order chi connectivity index (χ1) is 8.82. The number of hydrogen-bond acceptors (Lipinski definition) is 4. The Bertz CT molecular complexity index is 536. The van der Waals surface area contributed by atoms with Crippen LogP contribution in [0.25, 0.3) is 0 Å². The summed E-state index contributed by atoms with van der Waals surface area (Å²) in [6.45, 7) is 3.35. The second kappa shape index (κ2) is 4.62. The van der Waals surface area contributed by atoms with Gasteiger partial charge in [0, 0.05) is 17.3 Å². The Balaban J connectivity index is 2.17. The zero-order valence-electron chi connectivity index (χ0n) is 11.0. The van der Waals surface area contributed by atoms with Crippen LogP contribution in [0.3, 0.4) is 0 Å². The van der Waals surface area contributed by atoms with Crippen molar-refractivity contribution in [2.75, 3.05) is 5.32 Å². The van der Waals surface area contributed by atoms with Crippen molar-refractivity contribution in [2.24, 2.45) is 11.7 Å². The third-order valence-electron chi connectivity index (χ3n) is 3.58. The molecule has 1 aliphatic carbocycles. The molecule has 0 heterocycles. The summed E-state index contributed by atoms with van der Waals surface area (Å²) in [6.07, 6.45) is 1.91. The van der Waals surface area contributed by atoms with Crippen LogP contribution in [0.1, 0.15) is 25.3 Å². The largest absolute Gasteiger partial charge is 0.324 e. The molecule has 0 aliphatic heterocycles. The number of rotatable bonds is 4. The molecule has 19 heavy (non-hydrogen) atoms. The van der Waals surface area contributed by atoms with Crippen LogP contribution in [-0.2, 0) is 4.79 Å². The molecule has 0 spiro atoms. The summed E-state index contributed by atoms with van der Waals surface area (Å²) in [7, 11) is 0. The Kier molecular flexibility index (Phi) is 3.28. The van der Waals surface area contributed by atoms with E-state index in [1.54, 1.807) is 26.0 Å². The zero-order chi connectivity index (χ0) is 14.2. The van der Waals surface area contributed by atoms with E-state index >= 15 is 0 Å². The summed E-state index contributed by atoms with van der Waals surface area (Å²) in [5, 5.41) is 13.5. The average Bonchev–Trinajstić information content (AvgIpc) is 3.15. The van der Waals surface area contributed by atoms with Crippen LogP contribution in [0.15, 0.2) is 18.2 Å². The van der Waals surface area contributed by atoms with Crippen molar-refractivity contribution in [2.45, 2.75) is 32.2 Å². The fraction of sp³-hybridized carbons (Fsp3) is 0.462. The van der Waals surface area contributed by atoms with Gasteiger partial charge in [-0.05, 0) is 38.7 Å². The molecule has 3 N–H and O–H groups in total. The molecule has 1 aliphatic rings. The van der Waals surface area contributed by atoms with Gasteiger partial charge in [-0.25, -0.2) is 0 Å². The normalized spacial score (nSPS) is 17.6. The summed E-state index contributed by atoms with van der Waals surface area (Å²) in [5.41, 5.74) is 6.03. The highest BCUT2D eigenvalue weighted by Crippen LogP contribution is 2.38. The second-order valence-corrected chi connectivity index (χ2v) is 5.27. The Morgan fingerprint density at radius 1 is 1.53 bits per heavy atom. The van der Waals surface area contributed by atoms with Gasteiger partial charge in [0.1, 0.15) is 0 Å². The molecule has 1 aromatic rings. The van der Waals surface area contributed by atoms with Gasteiger partial charge >= 0.3 is 0 Å². The number of nitrogens with zero attached hydrogens (tertiary/aromatic N) is 1. The van der Waals surface area contributed by atoms with Crippen molar-refractivity contribution in [1.82, 2.24) is 0 Å². The molecule has 1 amide bonds. The summed E-state index contributed by atoms with van der Waals surface area (Å²) in [6, 6.07) is 4.61. The molecule has 0 bridgehead atoms. The lowest BCUT2D eigenvalue weighted by atomic mass is 9.96. The van der Waals surface area contributed by atoms with Crippen LogP contribution < -0.4 is 11.1 Å². The monoisotopic (exact) mass is 263 g/mol. The van der Waals surface area contributed by atoms with E-state index in [0.29, 0.717) is 11.3 Å². The quantitative estimate of drug-likeness (QED) is 0.640. The number of hydrogen-bond donors (Lipinski definition) is 2. The highest BCUT2D eigenvalue weighted by molar-refractivity contribution is 5.98. The number of benzene rings is 1. The minimum absolute atomic E-state index is 0.0112. The van der Waals surface area contributed by atoms with Crippen LogP contribution in [0, 0.1) is 23.0 Å². The van der Waals surface area contributed by atoms with E-state index in [-0.39, 0.29) is 17.5 Å². The lowest BCUT2D eigenvalue weighted by Gasteiger charge is -2.23. The average molecular weight is 263 g/mol. The molecular weight excluding hydrogens is 246 g/mol. The first kappa shape index (κ1) is 13.5.